The summed E-state index contributed by atoms with van der Waals surface area (Å²) in [6.45, 7) is 11.7. The molecule has 3 rings (SSSR count). The molecule has 0 radical (unpaired) electrons. The average Bonchev–Trinajstić information content (AvgIpc) is 2.98. The van der Waals surface area contributed by atoms with Crippen LogP contribution in [0.15, 0.2) is 0 Å². The third kappa shape index (κ3) is 3.39. The van der Waals surface area contributed by atoms with E-state index < -0.39 is 30.0 Å². The fourth-order valence-corrected chi connectivity index (χ4v) is 3.37. The topological polar surface area (TPSA) is 72.2 Å². The standard InChI is InChI=1S/C16H27NO6/c1-9(2)7-17(18)14-13-12(22-16(5,6)23-13)11(20-14)10-8-19-15(3,4)21-10/h7,9-14H,8H2,1-6H3/b17-7-/t10-,11+,12+,13?,14-/m1/s1. The lowest BCUT2D eigenvalue weighted by Crippen LogP contribution is -2.40. The Bertz CT molecular complexity index is 489. The normalized spacial score (nSPS) is 42.4. The number of rotatable bonds is 3. The number of hydrogen-bond donors (Lipinski definition) is 0. The van der Waals surface area contributed by atoms with E-state index in [-0.39, 0.29) is 18.1 Å². The van der Waals surface area contributed by atoms with Crippen molar-refractivity contribution >= 4 is 6.21 Å². The van der Waals surface area contributed by atoms with Gasteiger partial charge in [0.25, 0.3) is 6.23 Å². The average molecular weight is 329 g/mol. The van der Waals surface area contributed by atoms with Gasteiger partial charge in [-0.05, 0) is 27.7 Å². The van der Waals surface area contributed by atoms with Crippen molar-refractivity contribution in [2.45, 2.75) is 83.8 Å². The third-order valence-electron chi connectivity index (χ3n) is 4.16. The molecule has 7 heteroatoms. The van der Waals surface area contributed by atoms with Crippen molar-refractivity contribution in [2.75, 3.05) is 6.61 Å². The number of fused-ring (bicyclic) bond motifs is 1. The van der Waals surface area contributed by atoms with E-state index in [1.165, 1.54) is 0 Å². The molecule has 0 aliphatic carbocycles. The molecule has 3 saturated heterocycles. The monoisotopic (exact) mass is 329 g/mol. The van der Waals surface area contributed by atoms with Gasteiger partial charge >= 0.3 is 0 Å². The molecule has 132 valence electrons. The van der Waals surface area contributed by atoms with Crippen LogP contribution in [0.3, 0.4) is 0 Å². The van der Waals surface area contributed by atoms with Crippen molar-refractivity contribution in [3.05, 3.63) is 5.21 Å². The molecule has 0 aromatic heterocycles. The molecule has 3 fully saturated rings. The smallest absolute Gasteiger partial charge is 0.297 e. The summed E-state index contributed by atoms with van der Waals surface area (Å²) < 4.78 is 30.3. The van der Waals surface area contributed by atoms with Crippen LogP contribution in [0.1, 0.15) is 41.5 Å². The first-order valence-corrected chi connectivity index (χ1v) is 8.21. The van der Waals surface area contributed by atoms with Gasteiger partial charge in [0.15, 0.2) is 23.9 Å². The van der Waals surface area contributed by atoms with Gasteiger partial charge in [0.05, 0.1) is 6.61 Å². The van der Waals surface area contributed by atoms with Crippen molar-refractivity contribution in [1.29, 1.82) is 0 Å². The molecule has 7 nitrogen and oxygen atoms in total. The summed E-state index contributed by atoms with van der Waals surface area (Å²) in [7, 11) is 0. The number of nitrogens with zero attached hydrogens (tertiary/aromatic N) is 1. The minimum Gasteiger partial charge on any atom is -0.622 e. The van der Waals surface area contributed by atoms with Gasteiger partial charge in [-0.15, -0.1) is 0 Å². The van der Waals surface area contributed by atoms with Crippen LogP contribution in [0.25, 0.3) is 0 Å². The summed E-state index contributed by atoms with van der Waals surface area (Å²) in [6, 6.07) is 0. The summed E-state index contributed by atoms with van der Waals surface area (Å²) in [6.07, 6.45) is -0.627. The minimum absolute atomic E-state index is 0.119. The molecule has 5 atom stereocenters. The molecule has 1 unspecified atom stereocenters. The lowest BCUT2D eigenvalue weighted by molar-refractivity contribution is -0.564. The van der Waals surface area contributed by atoms with Crippen molar-refractivity contribution < 1.29 is 28.4 Å². The van der Waals surface area contributed by atoms with E-state index in [0.717, 1.165) is 4.74 Å². The highest BCUT2D eigenvalue weighted by atomic mass is 16.8. The predicted octanol–water partition coefficient (Wildman–Crippen LogP) is 1.62. The Labute approximate surface area is 137 Å². The zero-order chi connectivity index (χ0) is 17.0. The summed E-state index contributed by atoms with van der Waals surface area (Å²) in [5.74, 6) is -1.28. The molecule has 0 amide bonds. The molecule has 3 aliphatic heterocycles. The van der Waals surface area contributed by atoms with E-state index >= 15 is 0 Å². The molecule has 3 heterocycles. The molecular formula is C16H27NO6. The van der Waals surface area contributed by atoms with Crippen LogP contribution in [-0.4, -0.2) is 59.8 Å². The number of hydroxylamine groups is 1. The zero-order valence-corrected chi connectivity index (χ0v) is 14.6. The van der Waals surface area contributed by atoms with Crippen molar-refractivity contribution in [2.24, 2.45) is 5.92 Å². The molecule has 0 aromatic rings. The molecule has 0 saturated carbocycles. The molecule has 0 spiro atoms. The second-order valence-corrected chi connectivity index (χ2v) is 7.68. The van der Waals surface area contributed by atoms with Gasteiger partial charge in [0.2, 0.25) is 0 Å². The highest BCUT2D eigenvalue weighted by Crippen LogP contribution is 2.42. The van der Waals surface area contributed by atoms with Gasteiger partial charge in [-0.1, -0.05) is 13.8 Å². The first-order valence-electron chi connectivity index (χ1n) is 8.21. The van der Waals surface area contributed by atoms with Crippen LogP contribution in [-0.2, 0) is 23.7 Å². The van der Waals surface area contributed by atoms with Gasteiger partial charge in [0, 0.05) is 5.92 Å². The van der Waals surface area contributed by atoms with Gasteiger partial charge in [-0.2, -0.15) is 4.74 Å². The fraction of sp³-hybridized carbons (Fsp3) is 0.938. The second-order valence-electron chi connectivity index (χ2n) is 7.68. The van der Waals surface area contributed by atoms with E-state index in [4.69, 9.17) is 23.7 Å². The van der Waals surface area contributed by atoms with E-state index in [1.54, 1.807) is 6.21 Å². The molecule has 0 aromatic carbocycles. The Morgan fingerprint density at radius 3 is 2.22 bits per heavy atom. The predicted molar refractivity (Wildman–Crippen MR) is 81.9 cm³/mol. The summed E-state index contributed by atoms with van der Waals surface area (Å²) in [5.41, 5.74) is 0. The van der Waals surface area contributed by atoms with E-state index in [9.17, 15) is 5.21 Å². The molecular weight excluding hydrogens is 302 g/mol. The summed E-state index contributed by atoms with van der Waals surface area (Å²) in [5, 5.41) is 12.4. The molecule has 0 bridgehead atoms. The highest BCUT2D eigenvalue weighted by Gasteiger charge is 2.62. The maximum atomic E-state index is 12.4. The lowest BCUT2D eigenvalue weighted by Gasteiger charge is -2.26. The number of ether oxygens (including phenoxy) is 5. The quantitative estimate of drug-likeness (QED) is 0.339. The molecule has 23 heavy (non-hydrogen) atoms. The van der Waals surface area contributed by atoms with Gasteiger partial charge < -0.3 is 28.9 Å². The maximum absolute atomic E-state index is 12.4. The Hall–Kier alpha value is -0.730. The summed E-state index contributed by atoms with van der Waals surface area (Å²) >= 11 is 0. The van der Waals surface area contributed by atoms with E-state index in [2.05, 4.69) is 0 Å². The molecule has 0 N–H and O–H groups in total. The van der Waals surface area contributed by atoms with Crippen LogP contribution in [0.2, 0.25) is 0 Å². The maximum Gasteiger partial charge on any atom is 0.297 e. The zero-order valence-electron chi connectivity index (χ0n) is 14.6. The first kappa shape index (κ1) is 17.1. The minimum atomic E-state index is -0.747. The Morgan fingerprint density at radius 2 is 1.65 bits per heavy atom. The fourth-order valence-electron chi connectivity index (χ4n) is 3.37. The van der Waals surface area contributed by atoms with Crippen LogP contribution in [0.5, 0.6) is 0 Å². The number of hydrogen-bond acceptors (Lipinski definition) is 6. The van der Waals surface area contributed by atoms with Crippen LogP contribution in [0, 0.1) is 11.1 Å². The second kappa shape index (κ2) is 5.67. The van der Waals surface area contributed by atoms with Crippen molar-refractivity contribution in [1.82, 2.24) is 0 Å². The summed E-state index contributed by atoms with van der Waals surface area (Å²) in [4.78, 5) is 0. The largest absolute Gasteiger partial charge is 0.622 e. The van der Waals surface area contributed by atoms with Crippen LogP contribution >= 0.6 is 0 Å². The third-order valence-corrected chi connectivity index (χ3v) is 4.16. The Balaban J connectivity index is 1.82. The van der Waals surface area contributed by atoms with Gasteiger partial charge in [-0.3, -0.25) is 0 Å². The first-order chi connectivity index (χ1) is 10.6. The van der Waals surface area contributed by atoms with E-state index in [0.29, 0.717) is 6.61 Å². The Kier molecular flexibility index (Phi) is 4.21. The lowest BCUT2D eigenvalue weighted by atomic mass is 10.1. The van der Waals surface area contributed by atoms with Gasteiger partial charge in [0.1, 0.15) is 18.3 Å². The van der Waals surface area contributed by atoms with E-state index in [1.807, 2.05) is 41.5 Å². The SMILES string of the molecule is CC(C)/C=[N+](\[O-])[C@@H]1O[C@@H]([C@H]2COC(C)(C)O2)[C@@H]2OC(C)(C)OC21. The van der Waals surface area contributed by atoms with Gasteiger partial charge in [-0.25, -0.2) is 0 Å². The van der Waals surface area contributed by atoms with Crippen LogP contribution < -0.4 is 0 Å². The van der Waals surface area contributed by atoms with Crippen LogP contribution in [0.4, 0.5) is 0 Å². The molecule has 3 aliphatic rings. The highest BCUT2D eigenvalue weighted by molar-refractivity contribution is 5.53. The Morgan fingerprint density at radius 1 is 1.00 bits per heavy atom. The van der Waals surface area contributed by atoms with Crippen molar-refractivity contribution in [3.8, 4) is 0 Å². The van der Waals surface area contributed by atoms with Crippen molar-refractivity contribution in [3.63, 3.8) is 0 Å².